The number of nitrogens with zero attached hydrogens (tertiary/aromatic N) is 1. The van der Waals surface area contributed by atoms with E-state index < -0.39 is 0 Å². The monoisotopic (exact) mass is 369 g/mol. The Balaban J connectivity index is 0.00000116. The van der Waals surface area contributed by atoms with Crippen molar-refractivity contribution in [1.29, 1.82) is 0 Å². The minimum atomic E-state index is 0.427. The molecule has 0 saturated carbocycles. The third-order valence-electron chi connectivity index (χ3n) is 3.39. The molecule has 0 aromatic heterocycles. The second kappa shape index (κ2) is 9.70. The number of halogens is 1. The van der Waals surface area contributed by atoms with Crippen molar-refractivity contribution < 1.29 is 24.5 Å². The Labute approximate surface area is 150 Å². The van der Waals surface area contributed by atoms with Gasteiger partial charge in [-0.1, -0.05) is 38.4 Å². The molecule has 2 rings (SSSR count). The summed E-state index contributed by atoms with van der Waals surface area (Å²) in [6.07, 6.45) is 0. The molecule has 0 aliphatic heterocycles. The van der Waals surface area contributed by atoms with E-state index in [2.05, 4.69) is 52.7 Å². The van der Waals surface area contributed by atoms with Crippen LogP contribution in [-0.2, 0) is 25.9 Å². The Morgan fingerprint density at radius 1 is 1.14 bits per heavy atom. The van der Waals surface area contributed by atoms with Gasteiger partial charge >= 0.3 is 28.7 Å². The zero-order chi connectivity index (χ0) is 16.7. The summed E-state index contributed by atoms with van der Waals surface area (Å²) in [5, 5.41) is 16.9. The number of phenolic OH excluding ortho intramolecular Hbond substituents is 1. The van der Waals surface area contributed by atoms with Crippen molar-refractivity contribution in [3.8, 4) is 5.75 Å². The average Bonchev–Trinajstić information content (AvgIpc) is 2.50. The van der Waals surface area contributed by atoms with Crippen LogP contribution in [-0.4, -0.2) is 12.2 Å². The quantitative estimate of drug-likeness (QED) is 0.638. The first-order valence-electron chi connectivity index (χ1n) is 6.93. The van der Waals surface area contributed by atoms with Gasteiger partial charge in [0.15, 0.2) is 0 Å². The number of phenols is 1. The molecule has 1 N–H and O–H groups in total. The van der Waals surface area contributed by atoms with Crippen LogP contribution in [0.3, 0.4) is 0 Å². The molecule has 0 bridgehead atoms. The molecule has 0 amide bonds. The summed E-state index contributed by atoms with van der Waals surface area (Å²) in [5.74, 6) is 0.427. The molecule has 0 aliphatic rings. The molecule has 2 nitrogen and oxygen atoms in total. The summed E-state index contributed by atoms with van der Waals surface area (Å²) in [7, 11) is 6.94. The van der Waals surface area contributed by atoms with Gasteiger partial charge in [0.1, 0.15) is 5.75 Å². The van der Waals surface area contributed by atoms with Crippen molar-refractivity contribution in [2.75, 3.05) is 7.05 Å². The molecule has 0 saturated heterocycles. The fourth-order valence-corrected chi connectivity index (χ4v) is 3.89. The van der Waals surface area contributed by atoms with E-state index in [1.165, 1.54) is 41.4 Å². The zero-order valence-corrected chi connectivity index (χ0v) is 16.7. The predicted molar refractivity (Wildman–Crippen MR) is 95.2 cm³/mol. The van der Waals surface area contributed by atoms with E-state index in [1.807, 2.05) is 20.0 Å². The van der Waals surface area contributed by atoms with E-state index in [0.29, 0.717) is 14.3 Å². The summed E-state index contributed by atoms with van der Waals surface area (Å²) in [6.45, 7) is 6.88. The predicted octanol–water partition coefficient (Wildman–Crippen LogP) is 4.14. The Kier molecular flexibility index (Phi) is 8.68. The SMILES string of the molecule is C[N-]Cc1cccc(C)c1Pc1cc(C)cc(C)c1O.[Cl][Ti+]. The fourth-order valence-electron chi connectivity index (χ4n) is 2.40. The molecular formula is C17H21ClNOPTi. The van der Waals surface area contributed by atoms with Gasteiger partial charge in [-0.25, -0.2) is 0 Å². The molecule has 0 radical (unpaired) electrons. The second-order valence-corrected chi connectivity index (χ2v) is 6.48. The van der Waals surface area contributed by atoms with Crippen molar-refractivity contribution in [3.63, 3.8) is 0 Å². The van der Waals surface area contributed by atoms with Gasteiger partial charge in [0.25, 0.3) is 0 Å². The Morgan fingerprint density at radius 2 is 1.82 bits per heavy atom. The molecule has 2 aromatic rings. The second-order valence-electron chi connectivity index (χ2n) is 5.19. The van der Waals surface area contributed by atoms with E-state index in [9.17, 15) is 5.11 Å². The maximum atomic E-state index is 10.3. The average molecular weight is 370 g/mol. The molecule has 0 aliphatic carbocycles. The van der Waals surface area contributed by atoms with Gasteiger partial charge in [0, 0.05) is 5.30 Å². The summed E-state index contributed by atoms with van der Waals surface area (Å²) in [5.41, 5.74) is 4.66. The van der Waals surface area contributed by atoms with E-state index in [0.717, 1.165) is 17.4 Å². The standard InChI is InChI=1S/C17H21NOP.ClH.Ti/c1-11-8-13(3)16(19)15(9-11)20-17-12(2)6-5-7-14(17)10-18-4;;/h5-9,19-20H,10H2,1-4H3;1H;/q-1;;+2/p-1. The first-order valence-corrected chi connectivity index (χ1v) is 10.1. The van der Waals surface area contributed by atoms with Gasteiger partial charge in [-0.15, -0.1) is 6.54 Å². The summed E-state index contributed by atoms with van der Waals surface area (Å²) < 4.78 is 0. The fraction of sp³-hybridized carbons (Fsp3) is 0.294. The number of aryl methyl sites for hydroxylation is 3. The zero-order valence-electron chi connectivity index (χ0n) is 13.4. The van der Waals surface area contributed by atoms with Crippen LogP contribution >= 0.6 is 17.9 Å². The van der Waals surface area contributed by atoms with Gasteiger partial charge in [0.2, 0.25) is 0 Å². The van der Waals surface area contributed by atoms with E-state index in [1.54, 1.807) is 0 Å². The number of hydrogen-bond acceptors (Lipinski definition) is 1. The third-order valence-corrected chi connectivity index (χ3v) is 5.01. The molecule has 2 aromatic carbocycles. The summed E-state index contributed by atoms with van der Waals surface area (Å²) in [4.78, 5) is 0. The van der Waals surface area contributed by atoms with Crippen LogP contribution in [0.25, 0.3) is 5.32 Å². The molecule has 1 unspecified atom stereocenters. The van der Waals surface area contributed by atoms with Crippen LogP contribution in [0.15, 0.2) is 30.3 Å². The first-order chi connectivity index (χ1) is 10.5. The van der Waals surface area contributed by atoms with Crippen molar-refractivity contribution in [1.82, 2.24) is 0 Å². The Hall–Kier alpha value is -0.366. The normalized spacial score (nSPS) is 10.5. The van der Waals surface area contributed by atoms with Crippen LogP contribution < -0.4 is 10.6 Å². The van der Waals surface area contributed by atoms with Gasteiger partial charge in [-0.05, 0) is 48.8 Å². The summed E-state index contributed by atoms with van der Waals surface area (Å²) >= 11 is 1.47. The van der Waals surface area contributed by atoms with Crippen molar-refractivity contribution >= 4 is 28.5 Å². The van der Waals surface area contributed by atoms with Crippen LogP contribution in [0.1, 0.15) is 22.3 Å². The number of hydrogen-bond donors (Lipinski definition) is 1. The molecule has 0 spiro atoms. The van der Waals surface area contributed by atoms with Crippen LogP contribution in [0.5, 0.6) is 5.75 Å². The summed E-state index contributed by atoms with van der Waals surface area (Å²) in [6, 6.07) is 10.4. The first kappa shape index (κ1) is 19.7. The number of benzene rings is 2. The molecular weight excluding hydrogens is 348 g/mol. The number of aromatic hydroxyl groups is 1. The van der Waals surface area contributed by atoms with Crippen LogP contribution in [0, 0.1) is 20.8 Å². The Morgan fingerprint density at radius 3 is 2.45 bits per heavy atom. The van der Waals surface area contributed by atoms with E-state index in [-0.39, 0.29) is 0 Å². The molecule has 116 valence electrons. The van der Waals surface area contributed by atoms with Gasteiger partial charge in [0.05, 0.1) is 0 Å². The van der Waals surface area contributed by atoms with Crippen molar-refractivity contribution in [3.05, 3.63) is 57.9 Å². The van der Waals surface area contributed by atoms with Gasteiger partial charge in [-0.2, -0.15) is 7.05 Å². The van der Waals surface area contributed by atoms with Gasteiger partial charge < -0.3 is 10.4 Å². The van der Waals surface area contributed by atoms with Crippen molar-refractivity contribution in [2.24, 2.45) is 0 Å². The number of rotatable bonds is 4. The van der Waals surface area contributed by atoms with Gasteiger partial charge in [-0.3, -0.25) is 0 Å². The Bertz CT molecular complexity index is 634. The van der Waals surface area contributed by atoms with Crippen LogP contribution in [0.2, 0.25) is 0 Å². The third kappa shape index (κ3) is 5.08. The minimum absolute atomic E-state index is 0.427. The van der Waals surface area contributed by atoms with E-state index in [4.69, 9.17) is 0 Å². The molecule has 1 atom stereocenters. The van der Waals surface area contributed by atoms with Crippen LogP contribution in [0.4, 0.5) is 0 Å². The van der Waals surface area contributed by atoms with Crippen molar-refractivity contribution in [2.45, 2.75) is 27.3 Å². The topological polar surface area (TPSA) is 34.3 Å². The maximum absolute atomic E-state index is 10.3. The van der Waals surface area contributed by atoms with E-state index >= 15 is 0 Å². The molecule has 5 heteroatoms. The molecule has 22 heavy (non-hydrogen) atoms. The molecule has 0 fully saturated rings. The molecule has 0 heterocycles.